The maximum absolute atomic E-state index is 13.3. The van der Waals surface area contributed by atoms with E-state index in [1.54, 1.807) is 31.7 Å². The summed E-state index contributed by atoms with van der Waals surface area (Å²) in [5.41, 5.74) is 2.04. The van der Waals surface area contributed by atoms with Gasteiger partial charge in [-0.15, -0.1) is 0 Å². The molecule has 9 nitrogen and oxygen atoms in total. The molecule has 4 rings (SSSR count). The first-order chi connectivity index (χ1) is 14.2. The molecule has 1 aromatic carbocycles. The topological polar surface area (TPSA) is 92.5 Å². The van der Waals surface area contributed by atoms with Crippen LogP contribution in [0.5, 0.6) is 5.75 Å². The Hall–Kier alpha value is -3.62. The second-order valence-corrected chi connectivity index (χ2v) is 7.54. The minimum absolute atomic E-state index is 0.244. The average Bonchev–Trinajstić information content (AvgIpc) is 3.20. The van der Waals surface area contributed by atoms with Gasteiger partial charge in [-0.25, -0.2) is 9.36 Å². The van der Waals surface area contributed by atoms with Gasteiger partial charge in [0.15, 0.2) is 16.9 Å². The maximum Gasteiger partial charge on any atom is 0.333 e. The van der Waals surface area contributed by atoms with Gasteiger partial charge in [-0.2, -0.15) is 4.98 Å². The third-order valence-corrected chi connectivity index (χ3v) is 5.53. The molecule has 9 heteroatoms. The molecule has 0 amide bonds. The monoisotopic (exact) mass is 409 g/mol. The van der Waals surface area contributed by atoms with Crippen LogP contribution in [0.4, 0.5) is 0 Å². The van der Waals surface area contributed by atoms with Gasteiger partial charge in [0, 0.05) is 18.9 Å². The molecule has 0 radical (unpaired) electrons. The summed E-state index contributed by atoms with van der Waals surface area (Å²) in [6, 6.07) is 4.93. The number of hydrogen-bond donors (Lipinski definition) is 0. The van der Waals surface area contributed by atoms with E-state index in [9.17, 15) is 14.4 Å². The molecule has 30 heavy (non-hydrogen) atoms. The molecule has 156 valence electrons. The lowest BCUT2D eigenvalue weighted by Crippen LogP contribution is -2.42. The molecule has 1 atom stereocenters. The number of aromatic nitrogens is 5. The summed E-state index contributed by atoms with van der Waals surface area (Å²) in [6.07, 6.45) is 1.79. The molecule has 0 N–H and O–H groups in total. The second-order valence-electron chi connectivity index (χ2n) is 7.54. The molecule has 0 aliphatic heterocycles. The lowest BCUT2D eigenvalue weighted by atomic mass is 10.2. The minimum Gasteiger partial charge on any atom is -0.495 e. The third-order valence-electron chi connectivity index (χ3n) is 5.53. The van der Waals surface area contributed by atoms with Gasteiger partial charge >= 0.3 is 5.69 Å². The van der Waals surface area contributed by atoms with Crippen molar-refractivity contribution in [3.05, 3.63) is 56.5 Å². The summed E-state index contributed by atoms with van der Waals surface area (Å²) in [6.45, 7) is 6.79. The van der Waals surface area contributed by atoms with E-state index in [1.165, 1.54) is 11.5 Å². The van der Waals surface area contributed by atoms with Gasteiger partial charge in [0.05, 0.1) is 18.8 Å². The van der Waals surface area contributed by atoms with Crippen molar-refractivity contribution in [1.29, 1.82) is 0 Å². The van der Waals surface area contributed by atoms with E-state index in [0.717, 1.165) is 21.5 Å². The highest BCUT2D eigenvalue weighted by Gasteiger charge is 2.24. The molecule has 0 unspecified atom stereocenters. The molecule has 0 saturated carbocycles. The summed E-state index contributed by atoms with van der Waals surface area (Å²) in [4.78, 5) is 42.6. The number of nitrogens with zero attached hydrogens (tertiary/aromatic N) is 5. The van der Waals surface area contributed by atoms with Gasteiger partial charge in [0.2, 0.25) is 5.78 Å². The Bertz CT molecular complexity index is 1450. The first kappa shape index (κ1) is 19.7. The lowest BCUT2D eigenvalue weighted by Gasteiger charge is -2.12. The van der Waals surface area contributed by atoms with Crippen LogP contribution in [0.1, 0.15) is 31.1 Å². The molecule has 0 spiro atoms. The molecule has 0 saturated heterocycles. The van der Waals surface area contributed by atoms with Crippen molar-refractivity contribution < 1.29 is 9.53 Å². The molecule has 0 aliphatic carbocycles. The van der Waals surface area contributed by atoms with Crippen molar-refractivity contribution in [3.8, 4) is 11.4 Å². The van der Waals surface area contributed by atoms with Gasteiger partial charge < -0.3 is 4.74 Å². The summed E-state index contributed by atoms with van der Waals surface area (Å²) in [5.74, 6) is 0.865. The number of carbonyl (C=O) groups excluding carboxylic acids is 1. The number of methoxy groups -OCH3 is 1. The van der Waals surface area contributed by atoms with E-state index in [2.05, 4.69) is 4.98 Å². The molecular formula is C21H23N5O4. The van der Waals surface area contributed by atoms with Gasteiger partial charge in [0.1, 0.15) is 5.75 Å². The number of rotatable bonds is 4. The highest BCUT2D eigenvalue weighted by Crippen LogP contribution is 2.28. The Morgan fingerprint density at radius 3 is 2.53 bits per heavy atom. The predicted octanol–water partition coefficient (Wildman–Crippen LogP) is 1.91. The molecule has 0 bridgehead atoms. The lowest BCUT2D eigenvalue weighted by molar-refractivity contribution is -0.119. The normalized spacial score (nSPS) is 12.6. The average molecular weight is 409 g/mol. The zero-order chi connectivity index (χ0) is 21.9. The van der Waals surface area contributed by atoms with Gasteiger partial charge in [-0.05, 0) is 45.4 Å². The Kier molecular flexibility index (Phi) is 4.41. The van der Waals surface area contributed by atoms with Gasteiger partial charge in [0.25, 0.3) is 5.56 Å². The highest BCUT2D eigenvalue weighted by molar-refractivity contribution is 5.81. The molecule has 0 fully saturated rings. The molecule has 3 aromatic heterocycles. The molecular weight excluding hydrogens is 386 g/mol. The third kappa shape index (κ3) is 2.62. The van der Waals surface area contributed by atoms with Crippen LogP contribution < -0.4 is 16.0 Å². The number of aryl methyl sites for hydroxylation is 3. The quantitative estimate of drug-likeness (QED) is 0.513. The van der Waals surface area contributed by atoms with Gasteiger partial charge in [-0.3, -0.25) is 23.1 Å². The van der Waals surface area contributed by atoms with E-state index < -0.39 is 17.3 Å². The largest absolute Gasteiger partial charge is 0.495 e. The van der Waals surface area contributed by atoms with E-state index in [0.29, 0.717) is 11.5 Å². The predicted molar refractivity (Wildman–Crippen MR) is 113 cm³/mol. The van der Waals surface area contributed by atoms with Crippen LogP contribution in [-0.2, 0) is 11.8 Å². The smallest absolute Gasteiger partial charge is 0.333 e. The number of ether oxygens (including phenoxy) is 1. The number of benzene rings is 1. The van der Waals surface area contributed by atoms with Crippen molar-refractivity contribution >= 4 is 22.7 Å². The Labute approximate surface area is 171 Å². The van der Waals surface area contributed by atoms with Crippen LogP contribution in [0.15, 0.2) is 34.0 Å². The number of imidazole rings is 2. The Balaban J connectivity index is 2.16. The summed E-state index contributed by atoms with van der Waals surface area (Å²) >= 11 is 0. The zero-order valence-corrected chi connectivity index (χ0v) is 17.8. The van der Waals surface area contributed by atoms with Crippen molar-refractivity contribution in [2.75, 3.05) is 7.11 Å². The maximum atomic E-state index is 13.3. The van der Waals surface area contributed by atoms with Crippen molar-refractivity contribution in [3.63, 3.8) is 0 Å². The fourth-order valence-electron chi connectivity index (χ4n) is 3.77. The molecule has 0 aliphatic rings. The number of fused-ring (bicyclic) bond motifs is 3. The highest BCUT2D eigenvalue weighted by atomic mass is 16.5. The van der Waals surface area contributed by atoms with Crippen LogP contribution in [0.3, 0.4) is 0 Å². The van der Waals surface area contributed by atoms with E-state index in [4.69, 9.17) is 4.74 Å². The van der Waals surface area contributed by atoms with Gasteiger partial charge in [-0.1, -0.05) is 6.07 Å². The number of Topliss-reactive ketones (excluding diaryl/α,β-unsaturated/α-hetero) is 1. The van der Waals surface area contributed by atoms with Crippen LogP contribution in [-0.4, -0.2) is 36.0 Å². The minimum atomic E-state index is -0.869. The Morgan fingerprint density at radius 1 is 1.20 bits per heavy atom. The Morgan fingerprint density at radius 2 is 1.90 bits per heavy atom. The van der Waals surface area contributed by atoms with Crippen LogP contribution in [0, 0.1) is 13.8 Å². The van der Waals surface area contributed by atoms with E-state index in [1.807, 2.05) is 36.6 Å². The van der Waals surface area contributed by atoms with Crippen molar-refractivity contribution in [1.82, 2.24) is 23.1 Å². The second kappa shape index (κ2) is 6.72. The summed E-state index contributed by atoms with van der Waals surface area (Å²) in [5, 5.41) is 0. The number of hydrogen-bond acceptors (Lipinski definition) is 5. The summed E-state index contributed by atoms with van der Waals surface area (Å²) < 4.78 is 11.4. The number of ketones is 1. The standard InChI is InChI=1S/C21H23N5O4/c1-11-7-8-16(30-6)15(9-11)25-12(2)10-24-17-18(22-20(24)25)23(5)21(29)26(19(17)28)13(3)14(4)27/h7-10,13H,1-6H3/t13-/m1/s1. The fourth-order valence-corrected chi connectivity index (χ4v) is 3.77. The molecule has 3 heterocycles. The SMILES string of the molecule is COc1ccc(C)cc1-n1c(C)cn2c3c(=O)n([C@H](C)C(C)=O)c(=O)n(C)c3nc12. The summed E-state index contributed by atoms with van der Waals surface area (Å²) in [7, 11) is 3.14. The van der Waals surface area contributed by atoms with Crippen LogP contribution in [0.2, 0.25) is 0 Å². The molecule has 4 aromatic rings. The first-order valence-electron chi connectivity index (χ1n) is 9.54. The van der Waals surface area contributed by atoms with Crippen molar-refractivity contribution in [2.24, 2.45) is 7.05 Å². The van der Waals surface area contributed by atoms with E-state index in [-0.39, 0.29) is 16.9 Å². The number of carbonyl (C=O) groups is 1. The first-order valence-corrected chi connectivity index (χ1v) is 9.54. The van der Waals surface area contributed by atoms with Crippen LogP contribution >= 0.6 is 0 Å². The fraction of sp³-hybridized carbons (Fsp3) is 0.333. The van der Waals surface area contributed by atoms with E-state index >= 15 is 0 Å². The van der Waals surface area contributed by atoms with Crippen molar-refractivity contribution in [2.45, 2.75) is 33.7 Å². The zero-order valence-electron chi connectivity index (χ0n) is 17.8. The van der Waals surface area contributed by atoms with Crippen LogP contribution in [0.25, 0.3) is 22.6 Å².